The van der Waals surface area contributed by atoms with Crippen LogP contribution in [0.2, 0.25) is 0 Å². The molecule has 2 aromatic carbocycles. The number of anilines is 1. The predicted octanol–water partition coefficient (Wildman–Crippen LogP) is 3.02. The zero-order valence-electron chi connectivity index (χ0n) is 11.6. The number of nitrogens with one attached hydrogen (secondary N) is 2. The number of carbonyl (C=O) groups excluding carboxylic acids is 1. The fourth-order valence-corrected chi connectivity index (χ4v) is 2.73. The average molecular weight is 288 g/mol. The molecule has 22 heavy (non-hydrogen) atoms. The first-order chi connectivity index (χ1) is 10.7. The van der Waals surface area contributed by atoms with E-state index in [0.717, 1.165) is 16.8 Å². The summed E-state index contributed by atoms with van der Waals surface area (Å²) in [7, 11) is 0. The van der Waals surface area contributed by atoms with Crippen LogP contribution in [0, 0.1) is 0 Å². The number of para-hydroxylation sites is 2. The molecule has 106 valence electrons. The smallest absolute Gasteiger partial charge is 0.256 e. The van der Waals surface area contributed by atoms with Crippen molar-refractivity contribution in [3.8, 4) is 0 Å². The van der Waals surface area contributed by atoms with Crippen LogP contribution in [0.1, 0.15) is 11.3 Å². The van der Waals surface area contributed by atoms with Crippen LogP contribution in [0.5, 0.6) is 0 Å². The normalized spacial score (nSPS) is 15.1. The van der Waals surface area contributed by atoms with Gasteiger partial charge >= 0.3 is 0 Å². The average Bonchev–Trinajstić information content (AvgIpc) is 2.84. The Morgan fingerprint density at radius 2 is 1.68 bits per heavy atom. The molecule has 0 bridgehead atoms. The summed E-state index contributed by atoms with van der Waals surface area (Å²) < 4.78 is 0. The van der Waals surface area contributed by atoms with Gasteiger partial charge in [0, 0.05) is 33.9 Å². The second-order valence-corrected chi connectivity index (χ2v) is 5.19. The summed E-state index contributed by atoms with van der Waals surface area (Å²) in [6.07, 6.45) is 1.72. The molecule has 2 heterocycles. The highest BCUT2D eigenvalue weighted by atomic mass is 16.2. The van der Waals surface area contributed by atoms with Gasteiger partial charge in [-0.3, -0.25) is 9.59 Å². The number of hydrogen-bond donors (Lipinski definition) is 2. The molecule has 3 aromatic rings. The molecule has 1 aromatic heterocycles. The van der Waals surface area contributed by atoms with E-state index < -0.39 is 0 Å². The Morgan fingerprint density at radius 3 is 2.59 bits per heavy atom. The van der Waals surface area contributed by atoms with Crippen LogP contribution in [-0.4, -0.2) is 10.9 Å². The quantitative estimate of drug-likeness (QED) is 0.676. The van der Waals surface area contributed by atoms with Crippen molar-refractivity contribution in [2.45, 2.75) is 0 Å². The minimum atomic E-state index is -0.157. The van der Waals surface area contributed by atoms with Crippen LogP contribution in [0.3, 0.4) is 0 Å². The van der Waals surface area contributed by atoms with Gasteiger partial charge in [0.25, 0.3) is 5.91 Å². The molecular weight excluding hydrogens is 276 g/mol. The number of rotatable bonds is 1. The molecule has 0 unspecified atom stereocenters. The Hall–Kier alpha value is -3.14. The summed E-state index contributed by atoms with van der Waals surface area (Å²) in [5.74, 6) is -0.157. The van der Waals surface area contributed by atoms with Crippen molar-refractivity contribution < 1.29 is 4.79 Å². The molecule has 4 nitrogen and oxygen atoms in total. The lowest BCUT2D eigenvalue weighted by atomic mass is 10.1. The van der Waals surface area contributed by atoms with E-state index in [4.69, 9.17) is 0 Å². The Kier molecular flexibility index (Phi) is 2.69. The van der Waals surface area contributed by atoms with Gasteiger partial charge in [-0.25, -0.2) is 0 Å². The maximum atomic E-state index is 12.2. The SMILES string of the molecule is O=C1Nc2ccccc2/C1=C\c1cc(=O)c2ccccc2[nH]1. The highest BCUT2D eigenvalue weighted by Crippen LogP contribution is 2.32. The Labute approximate surface area is 126 Å². The molecule has 0 saturated heterocycles. The molecule has 0 radical (unpaired) electrons. The van der Waals surface area contributed by atoms with Crippen molar-refractivity contribution in [2.75, 3.05) is 5.32 Å². The minimum absolute atomic E-state index is 0.0621. The summed E-state index contributed by atoms with van der Waals surface area (Å²) in [5, 5.41) is 3.46. The molecule has 0 aliphatic carbocycles. The Balaban J connectivity index is 1.90. The van der Waals surface area contributed by atoms with E-state index in [1.54, 1.807) is 12.1 Å². The van der Waals surface area contributed by atoms with Crippen molar-refractivity contribution in [3.05, 3.63) is 76.1 Å². The maximum Gasteiger partial charge on any atom is 0.256 e. The molecular formula is C18H12N2O2. The molecule has 4 heteroatoms. The highest BCUT2D eigenvalue weighted by molar-refractivity contribution is 6.34. The molecule has 4 rings (SSSR count). The first-order valence-electron chi connectivity index (χ1n) is 6.97. The van der Waals surface area contributed by atoms with Gasteiger partial charge in [-0.1, -0.05) is 30.3 Å². The predicted molar refractivity (Wildman–Crippen MR) is 87.5 cm³/mol. The van der Waals surface area contributed by atoms with Crippen molar-refractivity contribution >= 4 is 34.1 Å². The monoisotopic (exact) mass is 288 g/mol. The first-order valence-corrected chi connectivity index (χ1v) is 6.97. The lowest BCUT2D eigenvalue weighted by Gasteiger charge is -2.02. The van der Waals surface area contributed by atoms with Crippen molar-refractivity contribution in [3.63, 3.8) is 0 Å². The number of carbonyl (C=O) groups is 1. The Morgan fingerprint density at radius 1 is 0.909 bits per heavy atom. The van der Waals surface area contributed by atoms with E-state index in [1.807, 2.05) is 42.5 Å². The molecule has 1 aliphatic heterocycles. The summed E-state index contributed by atoms with van der Waals surface area (Å²) in [5.41, 5.74) is 3.51. The molecule has 2 N–H and O–H groups in total. The molecule has 1 aliphatic rings. The van der Waals surface area contributed by atoms with E-state index in [0.29, 0.717) is 16.7 Å². The fraction of sp³-hybridized carbons (Fsp3) is 0. The number of benzene rings is 2. The molecule has 0 saturated carbocycles. The molecule has 0 fully saturated rings. The van der Waals surface area contributed by atoms with Gasteiger partial charge in [-0.2, -0.15) is 0 Å². The molecule has 0 atom stereocenters. The lowest BCUT2D eigenvalue weighted by Crippen LogP contribution is -2.05. The zero-order valence-corrected chi connectivity index (χ0v) is 11.6. The van der Waals surface area contributed by atoms with Gasteiger partial charge in [-0.15, -0.1) is 0 Å². The van der Waals surface area contributed by atoms with Gasteiger partial charge in [0.2, 0.25) is 0 Å². The maximum absolute atomic E-state index is 12.2. The number of hydrogen-bond acceptors (Lipinski definition) is 2. The standard InChI is InChI=1S/C18H12N2O2/c21-17-10-11(19-16-8-4-2-6-13(16)17)9-14-12-5-1-3-7-15(12)20-18(14)22/h1-10H,(H,19,21)(H,20,22)/b14-9+. The minimum Gasteiger partial charge on any atom is -0.355 e. The van der Waals surface area contributed by atoms with Crippen molar-refractivity contribution in [1.29, 1.82) is 0 Å². The van der Waals surface area contributed by atoms with Gasteiger partial charge in [0.1, 0.15) is 0 Å². The molecule has 1 amide bonds. The number of aromatic amines is 1. The van der Waals surface area contributed by atoms with Crippen LogP contribution in [0.25, 0.3) is 22.6 Å². The lowest BCUT2D eigenvalue weighted by molar-refractivity contribution is -0.110. The van der Waals surface area contributed by atoms with Crippen molar-refractivity contribution in [2.24, 2.45) is 0 Å². The van der Waals surface area contributed by atoms with Crippen LogP contribution >= 0.6 is 0 Å². The van der Waals surface area contributed by atoms with Gasteiger partial charge in [-0.05, 0) is 24.3 Å². The molecule has 0 spiro atoms. The van der Waals surface area contributed by atoms with Crippen LogP contribution in [0.4, 0.5) is 5.69 Å². The highest BCUT2D eigenvalue weighted by Gasteiger charge is 2.23. The zero-order chi connectivity index (χ0) is 15.1. The van der Waals surface area contributed by atoms with Gasteiger partial charge in [0.05, 0.1) is 5.57 Å². The number of pyridine rings is 1. The third-order valence-electron chi connectivity index (χ3n) is 3.77. The second kappa shape index (κ2) is 4.70. The topological polar surface area (TPSA) is 62.0 Å². The largest absolute Gasteiger partial charge is 0.355 e. The first kappa shape index (κ1) is 12.6. The second-order valence-electron chi connectivity index (χ2n) is 5.19. The third-order valence-corrected chi connectivity index (χ3v) is 3.77. The Bertz CT molecular complexity index is 999. The summed E-state index contributed by atoms with van der Waals surface area (Å²) in [6, 6.07) is 16.3. The van der Waals surface area contributed by atoms with Crippen LogP contribution in [-0.2, 0) is 4.79 Å². The van der Waals surface area contributed by atoms with E-state index in [2.05, 4.69) is 10.3 Å². The van der Waals surface area contributed by atoms with E-state index in [-0.39, 0.29) is 11.3 Å². The van der Waals surface area contributed by atoms with Gasteiger partial charge in [0.15, 0.2) is 5.43 Å². The fourth-order valence-electron chi connectivity index (χ4n) is 2.73. The number of aromatic nitrogens is 1. The number of H-pyrrole nitrogens is 1. The van der Waals surface area contributed by atoms with Crippen molar-refractivity contribution in [1.82, 2.24) is 4.98 Å². The van der Waals surface area contributed by atoms with Crippen LogP contribution < -0.4 is 10.7 Å². The number of fused-ring (bicyclic) bond motifs is 2. The van der Waals surface area contributed by atoms with Gasteiger partial charge < -0.3 is 10.3 Å². The number of amides is 1. The van der Waals surface area contributed by atoms with E-state index >= 15 is 0 Å². The summed E-state index contributed by atoms with van der Waals surface area (Å²) in [4.78, 5) is 27.5. The summed E-state index contributed by atoms with van der Waals surface area (Å²) >= 11 is 0. The third kappa shape index (κ3) is 1.93. The van der Waals surface area contributed by atoms with E-state index in [9.17, 15) is 9.59 Å². The van der Waals surface area contributed by atoms with E-state index in [1.165, 1.54) is 6.07 Å². The van der Waals surface area contributed by atoms with Crippen LogP contribution in [0.15, 0.2) is 59.4 Å². The summed E-state index contributed by atoms with van der Waals surface area (Å²) in [6.45, 7) is 0.